The van der Waals surface area contributed by atoms with Gasteiger partial charge in [0.15, 0.2) is 17.3 Å². The lowest BCUT2D eigenvalue weighted by Gasteiger charge is -2.11. The normalized spacial score (nSPS) is 11.4. The van der Waals surface area contributed by atoms with Crippen LogP contribution in [0.3, 0.4) is 0 Å². The Morgan fingerprint density at radius 1 is 1.18 bits per heavy atom. The molecule has 0 aliphatic heterocycles. The van der Waals surface area contributed by atoms with Crippen molar-refractivity contribution in [2.75, 3.05) is 24.2 Å². The molecule has 0 heterocycles. The number of methoxy groups -OCH3 is 1. The molecule has 2 aromatic carbocycles. The summed E-state index contributed by atoms with van der Waals surface area (Å²) in [6, 6.07) is 9.63. The van der Waals surface area contributed by atoms with Crippen molar-refractivity contribution in [2.24, 2.45) is 0 Å². The predicted octanol–water partition coefficient (Wildman–Crippen LogP) is 4.41. The number of carbonyl (C=O) groups is 1. The molecule has 0 amide bonds. The fraction of sp³-hybridized carbons (Fsp3) is 0.250. The van der Waals surface area contributed by atoms with E-state index in [4.69, 9.17) is 21.1 Å². The molecule has 0 aliphatic rings. The van der Waals surface area contributed by atoms with Gasteiger partial charge in [0.1, 0.15) is 0 Å². The first kappa shape index (κ1) is 21.8. The molecule has 2 aromatic rings. The molecular formula is C20H22ClNO5S. The summed E-state index contributed by atoms with van der Waals surface area (Å²) in [5.74, 6) is 0.689. The summed E-state index contributed by atoms with van der Waals surface area (Å²) in [5, 5.41) is 0.383. The molecule has 0 fully saturated rings. The maximum atomic E-state index is 12.4. The molecular weight excluding hydrogens is 402 g/mol. The van der Waals surface area contributed by atoms with Crippen LogP contribution in [0.15, 0.2) is 42.5 Å². The Hall–Kier alpha value is -2.51. The molecule has 0 unspecified atom stereocenters. The minimum absolute atomic E-state index is 0.0232. The van der Waals surface area contributed by atoms with Gasteiger partial charge < -0.3 is 9.47 Å². The van der Waals surface area contributed by atoms with Crippen molar-refractivity contribution in [3.8, 4) is 11.5 Å². The lowest BCUT2D eigenvalue weighted by Crippen LogP contribution is -2.14. The van der Waals surface area contributed by atoms with Crippen molar-refractivity contribution in [2.45, 2.75) is 13.8 Å². The maximum Gasteiger partial charge on any atom is 0.232 e. The summed E-state index contributed by atoms with van der Waals surface area (Å²) < 4.78 is 36.3. The van der Waals surface area contributed by atoms with Gasteiger partial charge in [0.25, 0.3) is 0 Å². The van der Waals surface area contributed by atoms with Crippen molar-refractivity contribution < 1.29 is 22.7 Å². The van der Waals surface area contributed by atoms with E-state index in [9.17, 15) is 13.2 Å². The summed E-state index contributed by atoms with van der Waals surface area (Å²) in [5.41, 5.74) is 1.53. The van der Waals surface area contributed by atoms with Gasteiger partial charge in [-0.25, -0.2) is 8.42 Å². The summed E-state index contributed by atoms with van der Waals surface area (Å²) in [7, 11) is -1.85. The number of anilines is 1. The molecule has 0 spiro atoms. The van der Waals surface area contributed by atoms with E-state index >= 15 is 0 Å². The van der Waals surface area contributed by atoms with E-state index in [2.05, 4.69) is 4.72 Å². The summed E-state index contributed by atoms with van der Waals surface area (Å²) in [6.45, 7) is 3.85. The highest BCUT2D eigenvalue weighted by Gasteiger charge is 2.11. The SMILES string of the molecule is CCOc1cc(/C=C/C(=O)c2ccc(NS(=O)(=O)CC)cc2)cc(Cl)c1OC. The first-order chi connectivity index (χ1) is 13.3. The minimum atomic E-state index is -3.35. The second-order valence-electron chi connectivity index (χ2n) is 5.75. The van der Waals surface area contributed by atoms with E-state index < -0.39 is 10.0 Å². The summed E-state index contributed by atoms with van der Waals surface area (Å²) in [6.07, 6.45) is 3.04. The number of nitrogens with one attached hydrogen (secondary N) is 1. The van der Waals surface area contributed by atoms with E-state index in [1.54, 1.807) is 49.4 Å². The second kappa shape index (κ2) is 9.61. The number of ether oxygens (including phenoxy) is 2. The highest BCUT2D eigenvalue weighted by molar-refractivity contribution is 7.92. The van der Waals surface area contributed by atoms with Gasteiger partial charge in [-0.1, -0.05) is 17.7 Å². The van der Waals surface area contributed by atoms with Crippen LogP contribution in [0.25, 0.3) is 6.08 Å². The predicted molar refractivity (Wildman–Crippen MR) is 112 cm³/mol. The molecule has 6 nitrogen and oxygen atoms in total. The first-order valence-corrected chi connectivity index (χ1v) is 10.7. The monoisotopic (exact) mass is 423 g/mol. The molecule has 0 aromatic heterocycles. The third-order valence-electron chi connectivity index (χ3n) is 3.79. The van der Waals surface area contributed by atoms with E-state index in [0.717, 1.165) is 0 Å². The van der Waals surface area contributed by atoms with Crippen molar-refractivity contribution >= 4 is 39.2 Å². The number of hydrogen-bond acceptors (Lipinski definition) is 5. The smallest absolute Gasteiger partial charge is 0.232 e. The zero-order valence-corrected chi connectivity index (χ0v) is 17.4. The van der Waals surface area contributed by atoms with Gasteiger partial charge in [0.05, 0.1) is 24.5 Å². The van der Waals surface area contributed by atoms with Crippen molar-refractivity contribution in [1.82, 2.24) is 0 Å². The van der Waals surface area contributed by atoms with Crippen LogP contribution in [0.5, 0.6) is 11.5 Å². The quantitative estimate of drug-likeness (QED) is 0.477. The molecule has 0 bridgehead atoms. The van der Waals surface area contributed by atoms with Crippen molar-refractivity contribution in [3.63, 3.8) is 0 Å². The van der Waals surface area contributed by atoms with Gasteiger partial charge in [-0.05, 0) is 61.9 Å². The number of allylic oxidation sites excluding steroid dienone is 1. The highest BCUT2D eigenvalue weighted by atomic mass is 35.5. The average molecular weight is 424 g/mol. The van der Waals surface area contributed by atoms with Crippen LogP contribution in [0.1, 0.15) is 29.8 Å². The van der Waals surface area contributed by atoms with Gasteiger partial charge in [0.2, 0.25) is 10.0 Å². The molecule has 0 saturated heterocycles. The Kier molecular flexibility index (Phi) is 7.48. The number of benzene rings is 2. The highest BCUT2D eigenvalue weighted by Crippen LogP contribution is 2.36. The number of hydrogen-bond donors (Lipinski definition) is 1. The molecule has 28 heavy (non-hydrogen) atoms. The molecule has 0 radical (unpaired) electrons. The van der Waals surface area contributed by atoms with E-state index in [-0.39, 0.29) is 11.5 Å². The minimum Gasteiger partial charge on any atom is -0.491 e. The van der Waals surface area contributed by atoms with E-state index in [1.165, 1.54) is 13.2 Å². The Morgan fingerprint density at radius 2 is 1.86 bits per heavy atom. The summed E-state index contributed by atoms with van der Waals surface area (Å²) in [4.78, 5) is 12.4. The number of carbonyl (C=O) groups excluding carboxylic acids is 1. The zero-order chi connectivity index (χ0) is 20.7. The van der Waals surface area contributed by atoms with Crippen LogP contribution in [-0.4, -0.2) is 33.7 Å². The number of sulfonamides is 1. The van der Waals surface area contributed by atoms with Crippen LogP contribution in [0.2, 0.25) is 5.02 Å². The molecule has 1 N–H and O–H groups in total. The van der Waals surface area contributed by atoms with Crippen LogP contribution < -0.4 is 14.2 Å². The molecule has 2 rings (SSSR count). The maximum absolute atomic E-state index is 12.4. The van der Waals surface area contributed by atoms with Crippen molar-refractivity contribution in [1.29, 1.82) is 0 Å². The lowest BCUT2D eigenvalue weighted by atomic mass is 10.1. The first-order valence-electron chi connectivity index (χ1n) is 8.63. The Balaban J connectivity index is 2.17. The Bertz CT molecular complexity index is 969. The van der Waals surface area contributed by atoms with Crippen molar-refractivity contribution in [3.05, 3.63) is 58.6 Å². The molecule has 0 aliphatic carbocycles. The zero-order valence-electron chi connectivity index (χ0n) is 15.9. The van der Waals surface area contributed by atoms with Gasteiger partial charge in [-0.3, -0.25) is 9.52 Å². The Morgan fingerprint density at radius 3 is 2.43 bits per heavy atom. The number of ketones is 1. The van der Waals surface area contributed by atoms with Gasteiger partial charge in [-0.15, -0.1) is 0 Å². The molecule has 150 valence electrons. The second-order valence-corrected chi connectivity index (χ2v) is 8.17. The fourth-order valence-corrected chi connectivity index (χ4v) is 3.30. The van der Waals surface area contributed by atoms with E-state index in [1.807, 2.05) is 6.92 Å². The third kappa shape index (κ3) is 5.74. The topological polar surface area (TPSA) is 81.7 Å². The van der Waals surface area contributed by atoms with Crippen LogP contribution in [0.4, 0.5) is 5.69 Å². The Labute approximate surface area is 170 Å². The van der Waals surface area contributed by atoms with Crippen LogP contribution >= 0.6 is 11.6 Å². The van der Waals surface area contributed by atoms with Gasteiger partial charge in [-0.2, -0.15) is 0 Å². The largest absolute Gasteiger partial charge is 0.491 e. The number of rotatable bonds is 9. The average Bonchev–Trinajstić information content (AvgIpc) is 2.66. The van der Waals surface area contributed by atoms with Crippen LogP contribution in [-0.2, 0) is 10.0 Å². The van der Waals surface area contributed by atoms with Gasteiger partial charge in [0, 0.05) is 11.3 Å². The third-order valence-corrected chi connectivity index (χ3v) is 5.37. The molecule has 0 saturated carbocycles. The number of halogens is 1. The van der Waals surface area contributed by atoms with Gasteiger partial charge >= 0.3 is 0 Å². The standard InChI is InChI=1S/C20H22ClNO5S/c1-4-27-19-13-14(12-17(21)20(19)26-3)6-11-18(23)15-7-9-16(10-8-15)22-28(24,25)5-2/h6-13,22H,4-5H2,1-3H3/b11-6+. The van der Waals surface area contributed by atoms with E-state index in [0.29, 0.717) is 39.9 Å². The molecule has 8 heteroatoms. The molecule has 0 atom stereocenters. The van der Waals surface area contributed by atoms with Crippen LogP contribution in [0, 0.1) is 0 Å². The fourth-order valence-electron chi connectivity index (χ4n) is 2.37. The summed E-state index contributed by atoms with van der Waals surface area (Å²) >= 11 is 6.20. The lowest BCUT2D eigenvalue weighted by molar-refractivity contribution is 0.104.